The monoisotopic (exact) mass is 248 g/mol. The van der Waals surface area contributed by atoms with Gasteiger partial charge < -0.3 is 18.9 Å². The summed E-state index contributed by atoms with van der Waals surface area (Å²) in [6.45, 7) is -0.689. The van der Waals surface area contributed by atoms with Gasteiger partial charge in [-0.2, -0.15) is 0 Å². The highest BCUT2D eigenvalue weighted by molar-refractivity contribution is 5.80. The van der Waals surface area contributed by atoms with Gasteiger partial charge in [-0.1, -0.05) is 0 Å². The van der Waals surface area contributed by atoms with Crippen molar-refractivity contribution in [2.75, 3.05) is 26.9 Å². The minimum Gasteiger partial charge on any atom is -0.466 e. The van der Waals surface area contributed by atoms with Crippen LogP contribution in [0.2, 0.25) is 0 Å². The second-order valence-corrected chi connectivity index (χ2v) is 2.68. The third-order valence-corrected chi connectivity index (χ3v) is 1.32. The predicted molar refractivity (Wildman–Crippen MR) is 50.6 cm³/mol. The molecular formula is C9H12O8. The molecule has 0 aromatic carbocycles. The fraction of sp³-hybridized carbons (Fsp3) is 0.556. The van der Waals surface area contributed by atoms with Gasteiger partial charge in [0.2, 0.25) is 0 Å². The molecule has 8 nitrogen and oxygen atoms in total. The molecule has 8 heteroatoms. The molecular weight excluding hydrogens is 236 g/mol. The highest BCUT2D eigenvalue weighted by Gasteiger charge is 2.11. The number of rotatable bonds is 6. The molecule has 0 saturated heterocycles. The molecule has 0 aliphatic carbocycles. The summed E-state index contributed by atoms with van der Waals surface area (Å²) >= 11 is 0. The first-order valence-electron chi connectivity index (χ1n) is 4.47. The molecule has 0 rings (SSSR count). The highest BCUT2D eigenvalue weighted by atomic mass is 16.6. The van der Waals surface area contributed by atoms with Crippen LogP contribution in [0, 0.1) is 0 Å². The van der Waals surface area contributed by atoms with Crippen LogP contribution in [0.25, 0.3) is 0 Å². The summed E-state index contributed by atoms with van der Waals surface area (Å²) in [5.74, 6) is -3.18. The second kappa shape index (κ2) is 8.08. The van der Waals surface area contributed by atoms with Crippen molar-refractivity contribution >= 4 is 23.9 Å². The maximum Gasteiger partial charge on any atom is 0.344 e. The quantitative estimate of drug-likeness (QED) is 0.426. The molecule has 0 aromatic heterocycles. The van der Waals surface area contributed by atoms with E-state index >= 15 is 0 Å². The summed E-state index contributed by atoms with van der Waals surface area (Å²) in [6, 6.07) is 0. The maximum atomic E-state index is 10.9. The molecule has 0 aliphatic rings. The van der Waals surface area contributed by atoms with Gasteiger partial charge >= 0.3 is 23.9 Å². The molecule has 0 aliphatic heterocycles. The summed E-state index contributed by atoms with van der Waals surface area (Å²) in [4.78, 5) is 42.6. The topological polar surface area (TPSA) is 105 Å². The van der Waals surface area contributed by atoms with Crippen molar-refractivity contribution in [2.24, 2.45) is 0 Å². The van der Waals surface area contributed by atoms with E-state index in [2.05, 4.69) is 18.9 Å². The largest absolute Gasteiger partial charge is 0.466 e. The molecule has 0 atom stereocenters. The fourth-order valence-corrected chi connectivity index (χ4v) is 0.582. The van der Waals surface area contributed by atoms with Gasteiger partial charge in [0.1, 0.15) is 0 Å². The minimum absolute atomic E-state index is 0.559. The van der Waals surface area contributed by atoms with Crippen molar-refractivity contribution in [1.82, 2.24) is 0 Å². The van der Waals surface area contributed by atoms with Crippen LogP contribution in [0.4, 0.5) is 0 Å². The van der Waals surface area contributed by atoms with Crippen molar-refractivity contribution in [3.8, 4) is 0 Å². The van der Waals surface area contributed by atoms with Crippen LogP contribution in [0.3, 0.4) is 0 Å². The first-order chi connectivity index (χ1) is 7.95. The molecule has 0 amide bonds. The summed E-state index contributed by atoms with van der Waals surface area (Å²) in [6.07, 6.45) is 0. The third kappa shape index (κ3) is 8.85. The molecule has 0 aromatic rings. The Morgan fingerprint density at radius 3 is 1.59 bits per heavy atom. The number of carbonyl (C=O) groups excluding carboxylic acids is 4. The first-order valence-corrected chi connectivity index (χ1v) is 4.47. The molecule has 96 valence electrons. The Morgan fingerprint density at radius 1 is 0.765 bits per heavy atom. The van der Waals surface area contributed by atoms with Crippen LogP contribution in [-0.2, 0) is 38.1 Å². The lowest BCUT2D eigenvalue weighted by atomic mass is 10.6. The Hall–Kier alpha value is -2.12. The standard InChI is InChI=1S/C9H12O8/c1-6(10)15-4-8(12)17-5-9(13)16-3-7(11)14-2/h3-5H2,1-2H3. The van der Waals surface area contributed by atoms with E-state index in [1.165, 1.54) is 0 Å². The smallest absolute Gasteiger partial charge is 0.344 e. The van der Waals surface area contributed by atoms with Gasteiger partial charge in [0.25, 0.3) is 0 Å². The van der Waals surface area contributed by atoms with Crippen molar-refractivity contribution in [3.63, 3.8) is 0 Å². The lowest BCUT2D eigenvalue weighted by Crippen LogP contribution is -2.22. The Balaban J connectivity index is 3.66. The van der Waals surface area contributed by atoms with Gasteiger partial charge in [-0.15, -0.1) is 0 Å². The average Bonchev–Trinajstić information content (AvgIpc) is 2.30. The van der Waals surface area contributed by atoms with E-state index in [1.807, 2.05) is 0 Å². The molecule has 0 unspecified atom stereocenters. The second-order valence-electron chi connectivity index (χ2n) is 2.68. The number of hydrogen-bond donors (Lipinski definition) is 0. The van der Waals surface area contributed by atoms with Gasteiger partial charge in [0.05, 0.1) is 7.11 Å². The Morgan fingerprint density at radius 2 is 1.18 bits per heavy atom. The summed E-state index contributed by atoms with van der Waals surface area (Å²) < 4.78 is 17.3. The van der Waals surface area contributed by atoms with Gasteiger partial charge in [-0.3, -0.25) is 4.79 Å². The SMILES string of the molecule is COC(=O)COC(=O)COC(=O)COC(C)=O. The molecule has 17 heavy (non-hydrogen) atoms. The molecule has 0 saturated carbocycles. The van der Waals surface area contributed by atoms with E-state index < -0.39 is 43.7 Å². The van der Waals surface area contributed by atoms with Gasteiger partial charge in [-0.25, -0.2) is 14.4 Å². The number of esters is 4. The average molecular weight is 248 g/mol. The zero-order valence-electron chi connectivity index (χ0n) is 9.39. The number of carbonyl (C=O) groups is 4. The lowest BCUT2D eigenvalue weighted by Gasteiger charge is -2.05. The number of methoxy groups -OCH3 is 1. The van der Waals surface area contributed by atoms with E-state index in [0.717, 1.165) is 14.0 Å². The summed E-state index contributed by atoms with van der Waals surface area (Å²) in [5, 5.41) is 0. The maximum absolute atomic E-state index is 10.9. The van der Waals surface area contributed by atoms with Crippen molar-refractivity contribution in [3.05, 3.63) is 0 Å². The molecule has 0 bridgehead atoms. The van der Waals surface area contributed by atoms with E-state index in [4.69, 9.17) is 0 Å². The van der Waals surface area contributed by atoms with Crippen LogP contribution in [0.15, 0.2) is 0 Å². The minimum atomic E-state index is -0.911. The third-order valence-electron chi connectivity index (χ3n) is 1.32. The van der Waals surface area contributed by atoms with Crippen LogP contribution < -0.4 is 0 Å². The lowest BCUT2D eigenvalue weighted by molar-refractivity contribution is -0.167. The van der Waals surface area contributed by atoms with E-state index in [-0.39, 0.29) is 0 Å². The van der Waals surface area contributed by atoms with E-state index in [0.29, 0.717) is 0 Å². The normalized spacial score (nSPS) is 9.06. The molecule has 0 fully saturated rings. The predicted octanol–water partition coefficient (Wildman–Crippen LogP) is -1.19. The Kier molecular flexibility index (Phi) is 7.07. The fourth-order valence-electron chi connectivity index (χ4n) is 0.582. The first kappa shape index (κ1) is 14.9. The van der Waals surface area contributed by atoms with E-state index in [9.17, 15) is 19.2 Å². The number of ether oxygens (including phenoxy) is 4. The van der Waals surface area contributed by atoms with Crippen molar-refractivity contribution < 1.29 is 38.1 Å². The number of hydrogen-bond acceptors (Lipinski definition) is 8. The molecule has 0 heterocycles. The Bertz CT molecular complexity index is 308. The zero-order chi connectivity index (χ0) is 13.3. The van der Waals surface area contributed by atoms with E-state index in [1.54, 1.807) is 0 Å². The van der Waals surface area contributed by atoms with Crippen LogP contribution in [0.5, 0.6) is 0 Å². The van der Waals surface area contributed by atoms with Gasteiger partial charge in [0, 0.05) is 6.92 Å². The van der Waals surface area contributed by atoms with Crippen LogP contribution in [-0.4, -0.2) is 50.8 Å². The summed E-state index contributed by atoms with van der Waals surface area (Å²) in [7, 11) is 1.13. The molecule has 0 spiro atoms. The van der Waals surface area contributed by atoms with Crippen molar-refractivity contribution in [1.29, 1.82) is 0 Å². The Labute approximate surface area is 96.8 Å². The van der Waals surface area contributed by atoms with Gasteiger partial charge in [-0.05, 0) is 0 Å². The van der Waals surface area contributed by atoms with Crippen LogP contribution in [0.1, 0.15) is 6.92 Å². The van der Waals surface area contributed by atoms with Crippen LogP contribution >= 0.6 is 0 Å². The van der Waals surface area contributed by atoms with Crippen molar-refractivity contribution in [2.45, 2.75) is 6.92 Å². The highest BCUT2D eigenvalue weighted by Crippen LogP contribution is 1.87. The zero-order valence-corrected chi connectivity index (χ0v) is 9.39. The molecule has 0 radical (unpaired) electrons. The molecule has 0 N–H and O–H groups in total. The van der Waals surface area contributed by atoms with Gasteiger partial charge in [0.15, 0.2) is 19.8 Å². The summed E-state index contributed by atoms with van der Waals surface area (Å²) in [5.41, 5.74) is 0.